The van der Waals surface area contributed by atoms with Gasteiger partial charge in [-0.3, -0.25) is 4.79 Å². The Kier molecular flexibility index (Phi) is 7.50. The van der Waals surface area contributed by atoms with E-state index in [0.717, 1.165) is 43.7 Å². The molecule has 1 N–H and O–H groups in total. The van der Waals surface area contributed by atoms with E-state index in [2.05, 4.69) is 15.2 Å². The third-order valence-corrected chi connectivity index (χ3v) is 5.11. The highest BCUT2D eigenvalue weighted by Crippen LogP contribution is 2.29. The number of aryl methyl sites for hydroxylation is 1. The number of oxazole rings is 1. The molecule has 0 saturated carbocycles. The van der Waals surface area contributed by atoms with Gasteiger partial charge in [0.2, 0.25) is 5.91 Å². The van der Waals surface area contributed by atoms with Crippen LogP contribution in [-0.2, 0) is 11.2 Å². The number of carbonyl (C=O) groups is 1. The first-order chi connectivity index (χ1) is 11.8. The van der Waals surface area contributed by atoms with Crippen LogP contribution in [0.1, 0.15) is 31.6 Å². The fourth-order valence-corrected chi connectivity index (χ4v) is 3.89. The predicted molar refractivity (Wildman–Crippen MR) is 106 cm³/mol. The third kappa shape index (κ3) is 4.40. The summed E-state index contributed by atoms with van der Waals surface area (Å²) in [7, 11) is 0. The van der Waals surface area contributed by atoms with Crippen molar-refractivity contribution < 1.29 is 9.21 Å². The van der Waals surface area contributed by atoms with Crippen LogP contribution in [0.25, 0.3) is 11.3 Å². The van der Waals surface area contributed by atoms with Gasteiger partial charge in [-0.1, -0.05) is 30.3 Å². The van der Waals surface area contributed by atoms with Crippen LogP contribution in [-0.4, -0.2) is 41.0 Å². The number of hydrogen-bond acceptors (Lipinski definition) is 4. The maximum atomic E-state index is 12.7. The van der Waals surface area contributed by atoms with Gasteiger partial charge in [-0.2, -0.15) is 0 Å². The highest BCUT2D eigenvalue weighted by Gasteiger charge is 2.37. The molecule has 5 nitrogen and oxygen atoms in total. The van der Waals surface area contributed by atoms with Crippen molar-refractivity contribution in [2.45, 2.75) is 44.2 Å². The number of benzene rings is 1. The zero-order chi connectivity index (χ0) is 16.4. The Labute approximate surface area is 166 Å². The van der Waals surface area contributed by atoms with Crippen LogP contribution >= 0.6 is 24.8 Å². The molecule has 2 saturated heterocycles. The summed E-state index contributed by atoms with van der Waals surface area (Å²) in [5.41, 5.74) is 1.01. The lowest BCUT2D eigenvalue weighted by atomic mass is 10.1. The Morgan fingerprint density at radius 2 is 1.92 bits per heavy atom. The first-order valence-corrected chi connectivity index (χ1v) is 8.83. The summed E-state index contributed by atoms with van der Waals surface area (Å²) in [5, 5.41) is 3.43. The minimum Gasteiger partial charge on any atom is -0.441 e. The largest absolute Gasteiger partial charge is 0.441 e. The van der Waals surface area contributed by atoms with Gasteiger partial charge in [0.05, 0.1) is 6.20 Å². The van der Waals surface area contributed by atoms with Gasteiger partial charge >= 0.3 is 0 Å². The Morgan fingerprint density at radius 3 is 2.73 bits per heavy atom. The zero-order valence-corrected chi connectivity index (χ0v) is 16.2. The molecule has 1 amide bonds. The Morgan fingerprint density at radius 1 is 1.15 bits per heavy atom. The van der Waals surface area contributed by atoms with Crippen molar-refractivity contribution in [3.63, 3.8) is 0 Å². The van der Waals surface area contributed by atoms with E-state index in [1.165, 1.54) is 0 Å². The molecule has 2 bridgehead atoms. The van der Waals surface area contributed by atoms with E-state index in [4.69, 9.17) is 4.42 Å². The molecule has 3 heterocycles. The molecular formula is C19H25Cl2N3O2. The summed E-state index contributed by atoms with van der Waals surface area (Å²) >= 11 is 0. The molecule has 2 fully saturated rings. The van der Waals surface area contributed by atoms with Crippen LogP contribution < -0.4 is 5.32 Å². The molecule has 4 rings (SSSR count). The molecule has 2 unspecified atom stereocenters. The summed E-state index contributed by atoms with van der Waals surface area (Å²) in [6, 6.07) is 10.7. The summed E-state index contributed by atoms with van der Waals surface area (Å²) in [4.78, 5) is 19.1. The van der Waals surface area contributed by atoms with Gasteiger partial charge in [-0.05, 0) is 25.8 Å². The first kappa shape index (κ1) is 20.7. The predicted octanol–water partition coefficient (Wildman–Crippen LogP) is 3.47. The second kappa shape index (κ2) is 9.40. The maximum absolute atomic E-state index is 12.7. The Balaban J connectivity index is 0.00000121. The lowest BCUT2D eigenvalue weighted by Gasteiger charge is -2.27. The molecule has 2 aromatic rings. The SMILES string of the molecule is Cl.Cl.O=C(CCc1ncc(-c2ccccc2)o1)N1C2CCNCC1CC2. The van der Waals surface area contributed by atoms with Gasteiger partial charge in [0.15, 0.2) is 11.7 Å². The number of fused-ring (bicyclic) bond motifs is 2. The van der Waals surface area contributed by atoms with Crippen molar-refractivity contribution in [2.75, 3.05) is 13.1 Å². The molecule has 142 valence electrons. The van der Waals surface area contributed by atoms with Crippen LogP contribution in [0.15, 0.2) is 40.9 Å². The summed E-state index contributed by atoms with van der Waals surface area (Å²) < 4.78 is 5.81. The number of rotatable bonds is 4. The minimum atomic E-state index is 0. The third-order valence-electron chi connectivity index (χ3n) is 5.11. The van der Waals surface area contributed by atoms with E-state index in [-0.39, 0.29) is 30.7 Å². The van der Waals surface area contributed by atoms with E-state index in [1.54, 1.807) is 6.20 Å². The second-order valence-corrected chi connectivity index (χ2v) is 6.66. The van der Waals surface area contributed by atoms with E-state index >= 15 is 0 Å². The number of nitrogens with one attached hydrogen (secondary N) is 1. The van der Waals surface area contributed by atoms with E-state index in [9.17, 15) is 4.79 Å². The first-order valence-electron chi connectivity index (χ1n) is 8.83. The zero-order valence-electron chi connectivity index (χ0n) is 14.6. The van der Waals surface area contributed by atoms with Crippen molar-refractivity contribution in [1.82, 2.24) is 15.2 Å². The van der Waals surface area contributed by atoms with E-state index in [1.807, 2.05) is 30.3 Å². The summed E-state index contributed by atoms with van der Waals surface area (Å²) in [5.74, 6) is 1.64. The van der Waals surface area contributed by atoms with Crippen LogP contribution in [0.2, 0.25) is 0 Å². The maximum Gasteiger partial charge on any atom is 0.223 e. The number of carbonyl (C=O) groups excluding carboxylic acids is 1. The van der Waals surface area contributed by atoms with Crippen molar-refractivity contribution in [3.8, 4) is 11.3 Å². The molecule has 1 aromatic heterocycles. The highest BCUT2D eigenvalue weighted by atomic mass is 35.5. The van der Waals surface area contributed by atoms with Gasteiger partial charge in [-0.15, -0.1) is 24.8 Å². The quantitative estimate of drug-likeness (QED) is 0.857. The molecule has 2 aliphatic heterocycles. The number of nitrogens with zero attached hydrogens (tertiary/aromatic N) is 2. The van der Waals surface area contributed by atoms with Gasteiger partial charge in [0, 0.05) is 37.0 Å². The molecule has 0 aliphatic carbocycles. The van der Waals surface area contributed by atoms with Crippen LogP contribution in [0.5, 0.6) is 0 Å². The standard InChI is InChI=1S/C19H23N3O2.2ClH/c23-19(22-15-6-7-16(22)12-20-11-10-15)9-8-18-21-13-17(24-18)14-4-2-1-3-5-14;;/h1-5,13,15-16,20H,6-12H2;2*1H. The molecule has 2 atom stereocenters. The Hall–Kier alpha value is -1.56. The molecule has 0 radical (unpaired) electrons. The fraction of sp³-hybridized carbons (Fsp3) is 0.474. The molecule has 26 heavy (non-hydrogen) atoms. The van der Waals surface area contributed by atoms with Gasteiger partial charge < -0.3 is 14.6 Å². The van der Waals surface area contributed by atoms with Crippen LogP contribution in [0, 0.1) is 0 Å². The number of aromatic nitrogens is 1. The van der Waals surface area contributed by atoms with E-state index < -0.39 is 0 Å². The number of hydrogen-bond donors (Lipinski definition) is 1. The summed E-state index contributed by atoms with van der Waals surface area (Å²) in [6.45, 7) is 1.95. The van der Waals surface area contributed by atoms with Gasteiger partial charge in [0.25, 0.3) is 0 Å². The Bertz CT molecular complexity index is 694. The number of amides is 1. The average Bonchev–Trinajstić information content (AvgIpc) is 3.17. The van der Waals surface area contributed by atoms with E-state index in [0.29, 0.717) is 30.8 Å². The topological polar surface area (TPSA) is 58.4 Å². The number of halogens is 2. The average molecular weight is 398 g/mol. The van der Waals surface area contributed by atoms with Gasteiger partial charge in [0.1, 0.15) is 0 Å². The lowest BCUT2D eigenvalue weighted by Crippen LogP contribution is -2.42. The van der Waals surface area contributed by atoms with Crippen molar-refractivity contribution in [3.05, 3.63) is 42.4 Å². The molecule has 7 heteroatoms. The van der Waals surface area contributed by atoms with Crippen molar-refractivity contribution >= 4 is 30.7 Å². The van der Waals surface area contributed by atoms with Gasteiger partial charge in [-0.25, -0.2) is 4.98 Å². The normalized spacial score (nSPS) is 21.5. The fourth-order valence-electron chi connectivity index (χ4n) is 3.89. The monoisotopic (exact) mass is 397 g/mol. The molecule has 2 aliphatic rings. The lowest BCUT2D eigenvalue weighted by molar-refractivity contribution is -0.133. The molecular weight excluding hydrogens is 373 g/mol. The smallest absolute Gasteiger partial charge is 0.223 e. The van der Waals surface area contributed by atoms with Crippen molar-refractivity contribution in [1.29, 1.82) is 0 Å². The highest BCUT2D eigenvalue weighted by molar-refractivity contribution is 5.85. The van der Waals surface area contributed by atoms with Crippen LogP contribution in [0.3, 0.4) is 0 Å². The minimum absolute atomic E-state index is 0. The second-order valence-electron chi connectivity index (χ2n) is 6.66. The molecule has 1 aromatic carbocycles. The van der Waals surface area contributed by atoms with Crippen molar-refractivity contribution in [2.24, 2.45) is 0 Å². The summed E-state index contributed by atoms with van der Waals surface area (Å²) in [6.07, 6.45) is 6.13. The molecule has 0 spiro atoms. The van der Waals surface area contributed by atoms with Crippen LogP contribution in [0.4, 0.5) is 0 Å².